The minimum Gasteiger partial charge on any atom is -0.444 e. The van der Waals surface area contributed by atoms with Crippen molar-refractivity contribution in [3.8, 4) is 0 Å². The maximum Gasteiger partial charge on any atom is 0.407 e. The number of hydrogen-bond donors (Lipinski definition) is 3. The molecule has 0 aliphatic heterocycles. The van der Waals surface area contributed by atoms with E-state index in [4.69, 9.17) is 16.2 Å². The van der Waals surface area contributed by atoms with Gasteiger partial charge in [-0.2, -0.15) is 0 Å². The smallest absolute Gasteiger partial charge is 0.407 e. The third-order valence-electron chi connectivity index (χ3n) is 1.00. The maximum absolute atomic E-state index is 10.5. The van der Waals surface area contributed by atoms with Gasteiger partial charge in [0.1, 0.15) is 6.10 Å². The number of rotatable bonds is 3. The van der Waals surface area contributed by atoms with E-state index >= 15 is 0 Å². The lowest BCUT2D eigenvalue weighted by atomic mass is 10.4. The van der Waals surface area contributed by atoms with E-state index in [-0.39, 0.29) is 19.2 Å². The van der Waals surface area contributed by atoms with E-state index in [0.29, 0.717) is 0 Å². The lowest BCUT2D eigenvalue weighted by Crippen LogP contribution is -2.36. The Bertz CT molecular complexity index is 103. The second kappa shape index (κ2) is 5.01. The molecule has 0 heterocycles. The van der Waals surface area contributed by atoms with Crippen molar-refractivity contribution in [1.82, 2.24) is 5.32 Å². The molecular formula is C5H13N3O2. The van der Waals surface area contributed by atoms with Crippen molar-refractivity contribution >= 4 is 6.09 Å². The molecule has 0 radical (unpaired) electrons. The van der Waals surface area contributed by atoms with Crippen molar-refractivity contribution in [2.45, 2.75) is 6.10 Å². The standard InChI is InChI=1S/C5H13N3O2/c1-8-5(9)10-4(2-6)3-7/h4H,2-3,6-7H2,1H3,(H,8,9). The van der Waals surface area contributed by atoms with Crippen LogP contribution in [0, 0.1) is 0 Å². The van der Waals surface area contributed by atoms with Crippen LogP contribution in [0.4, 0.5) is 4.79 Å². The molecule has 10 heavy (non-hydrogen) atoms. The molecule has 0 saturated carbocycles. The highest BCUT2D eigenvalue weighted by Crippen LogP contribution is 1.85. The summed E-state index contributed by atoms with van der Waals surface area (Å²) in [5.74, 6) is 0. The second-order valence-electron chi connectivity index (χ2n) is 1.75. The van der Waals surface area contributed by atoms with Gasteiger partial charge in [0.25, 0.3) is 0 Å². The van der Waals surface area contributed by atoms with E-state index in [1.807, 2.05) is 0 Å². The second-order valence-corrected chi connectivity index (χ2v) is 1.75. The molecule has 5 nitrogen and oxygen atoms in total. The van der Waals surface area contributed by atoms with Crippen LogP contribution in [0.25, 0.3) is 0 Å². The fraction of sp³-hybridized carbons (Fsp3) is 0.800. The molecule has 0 fully saturated rings. The average Bonchev–Trinajstić information content (AvgIpc) is 1.99. The zero-order chi connectivity index (χ0) is 7.98. The molecule has 0 aliphatic carbocycles. The zero-order valence-corrected chi connectivity index (χ0v) is 5.96. The third-order valence-corrected chi connectivity index (χ3v) is 1.00. The highest BCUT2D eigenvalue weighted by molar-refractivity contribution is 5.66. The van der Waals surface area contributed by atoms with Gasteiger partial charge in [-0.05, 0) is 0 Å². The first-order valence-electron chi connectivity index (χ1n) is 3.03. The molecule has 0 atom stereocenters. The Hall–Kier alpha value is -0.810. The maximum atomic E-state index is 10.5. The summed E-state index contributed by atoms with van der Waals surface area (Å²) in [6.07, 6.45) is -0.874. The van der Waals surface area contributed by atoms with Gasteiger partial charge in [-0.25, -0.2) is 4.79 Å². The molecule has 0 saturated heterocycles. The van der Waals surface area contributed by atoms with E-state index in [1.54, 1.807) is 0 Å². The lowest BCUT2D eigenvalue weighted by molar-refractivity contribution is 0.107. The van der Waals surface area contributed by atoms with Crippen molar-refractivity contribution in [3.05, 3.63) is 0 Å². The zero-order valence-electron chi connectivity index (χ0n) is 5.96. The van der Waals surface area contributed by atoms with Gasteiger partial charge in [-0.15, -0.1) is 0 Å². The van der Waals surface area contributed by atoms with Crippen LogP contribution in [-0.2, 0) is 4.74 Å². The fourth-order valence-corrected chi connectivity index (χ4v) is 0.403. The van der Waals surface area contributed by atoms with Crippen LogP contribution in [0.1, 0.15) is 0 Å². The highest BCUT2D eigenvalue weighted by Gasteiger charge is 2.07. The Balaban J connectivity index is 3.52. The van der Waals surface area contributed by atoms with Gasteiger partial charge in [0, 0.05) is 20.1 Å². The van der Waals surface area contributed by atoms with E-state index in [2.05, 4.69) is 5.32 Å². The van der Waals surface area contributed by atoms with Gasteiger partial charge < -0.3 is 21.5 Å². The molecule has 5 heteroatoms. The molecule has 0 spiro atoms. The first-order valence-corrected chi connectivity index (χ1v) is 3.03. The van der Waals surface area contributed by atoms with E-state index < -0.39 is 6.09 Å². The quantitative estimate of drug-likeness (QED) is 0.459. The third kappa shape index (κ3) is 3.26. The van der Waals surface area contributed by atoms with E-state index in [9.17, 15) is 4.79 Å². The Morgan fingerprint density at radius 1 is 1.60 bits per heavy atom. The number of hydrogen-bond acceptors (Lipinski definition) is 4. The summed E-state index contributed by atoms with van der Waals surface area (Å²) in [6.45, 7) is 0.508. The Kier molecular flexibility index (Phi) is 4.61. The Morgan fingerprint density at radius 3 is 2.40 bits per heavy atom. The van der Waals surface area contributed by atoms with Crippen molar-refractivity contribution in [2.24, 2.45) is 11.5 Å². The summed E-state index contributed by atoms with van der Waals surface area (Å²) in [5.41, 5.74) is 10.4. The molecule has 5 N–H and O–H groups in total. The summed E-state index contributed by atoms with van der Waals surface area (Å²) >= 11 is 0. The number of ether oxygens (including phenoxy) is 1. The van der Waals surface area contributed by atoms with Crippen molar-refractivity contribution in [1.29, 1.82) is 0 Å². The van der Waals surface area contributed by atoms with Gasteiger partial charge in [0.2, 0.25) is 0 Å². The van der Waals surface area contributed by atoms with Crippen molar-refractivity contribution < 1.29 is 9.53 Å². The van der Waals surface area contributed by atoms with Crippen molar-refractivity contribution in [2.75, 3.05) is 20.1 Å². The predicted octanol–water partition coefficient (Wildman–Crippen LogP) is -1.37. The first-order chi connectivity index (χ1) is 4.74. The van der Waals surface area contributed by atoms with Crippen LogP contribution in [0.5, 0.6) is 0 Å². The van der Waals surface area contributed by atoms with Gasteiger partial charge in [0.05, 0.1) is 0 Å². The molecule has 0 bridgehead atoms. The van der Waals surface area contributed by atoms with Gasteiger partial charge >= 0.3 is 6.09 Å². The summed E-state index contributed by atoms with van der Waals surface area (Å²) in [4.78, 5) is 10.5. The molecule has 0 aromatic rings. The van der Waals surface area contributed by atoms with Crippen LogP contribution in [0.3, 0.4) is 0 Å². The molecule has 0 unspecified atom stereocenters. The average molecular weight is 147 g/mol. The van der Waals surface area contributed by atoms with Gasteiger partial charge in [-0.3, -0.25) is 0 Å². The normalized spacial score (nSPS) is 9.60. The van der Waals surface area contributed by atoms with Crippen LogP contribution >= 0.6 is 0 Å². The number of carbonyl (C=O) groups is 1. The van der Waals surface area contributed by atoms with Gasteiger partial charge in [-0.1, -0.05) is 0 Å². The van der Waals surface area contributed by atoms with E-state index in [0.717, 1.165) is 0 Å². The Morgan fingerprint density at radius 2 is 2.10 bits per heavy atom. The Labute approximate surface area is 59.7 Å². The number of amides is 1. The van der Waals surface area contributed by atoms with Crippen LogP contribution in [0.15, 0.2) is 0 Å². The number of alkyl carbamates (subject to hydrolysis) is 1. The first kappa shape index (κ1) is 9.19. The fourth-order valence-electron chi connectivity index (χ4n) is 0.403. The minimum absolute atomic E-state index is 0.254. The number of nitrogens with one attached hydrogen (secondary N) is 1. The summed E-state index contributed by atoms with van der Waals surface area (Å²) in [7, 11) is 1.48. The molecular weight excluding hydrogens is 134 g/mol. The molecule has 1 amide bonds. The molecule has 0 rings (SSSR count). The van der Waals surface area contributed by atoms with Crippen LogP contribution in [-0.4, -0.2) is 32.3 Å². The molecule has 0 aliphatic rings. The van der Waals surface area contributed by atoms with Crippen LogP contribution < -0.4 is 16.8 Å². The minimum atomic E-state index is -0.499. The largest absolute Gasteiger partial charge is 0.444 e. The van der Waals surface area contributed by atoms with Gasteiger partial charge in [0.15, 0.2) is 0 Å². The summed E-state index contributed by atoms with van der Waals surface area (Å²) in [5, 5.41) is 2.29. The SMILES string of the molecule is CNC(=O)OC(CN)CN. The van der Waals surface area contributed by atoms with Crippen LogP contribution in [0.2, 0.25) is 0 Å². The monoisotopic (exact) mass is 147 g/mol. The number of carbonyl (C=O) groups excluding carboxylic acids is 1. The summed E-state index contributed by atoms with van der Waals surface area (Å²) in [6, 6.07) is 0. The highest BCUT2D eigenvalue weighted by atomic mass is 16.6. The number of nitrogens with two attached hydrogens (primary N) is 2. The van der Waals surface area contributed by atoms with E-state index in [1.165, 1.54) is 7.05 Å². The van der Waals surface area contributed by atoms with Crippen molar-refractivity contribution in [3.63, 3.8) is 0 Å². The molecule has 0 aromatic carbocycles. The predicted molar refractivity (Wildman–Crippen MR) is 37.4 cm³/mol. The molecule has 60 valence electrons. The topological polar surface area (TPSA) is 90.4 Å². The molecule has 0 aromatic heterocycles. The lowest BCUT2D eigenvalue weighted by Gasteiger charge is -2.12. The summed E-state index contributed by atoms with van der Waals surface area (Å²) < 4.78 is 4.70.